The number of ether oxygens (including phenoxy) is 5. The van der Waals surface area contributed by atoms with Gasteiger partial charge in [0.1, 0.15) is 49.3 Å². The lowest BCUT2D eigenvalue weighted by Gasteiger charge is -2.64. The average Bonchev–Trinajstić information content (AvgIpc) is 3.61. The first-order valence-electron chi connectivity index (χ1n) is 18.0. The molecule has 0 amide bonds. The summed E-state index contributed by atoms with van der Waals surface area (Å²) in [4.78, 5) is 11.9. The summed E-state index contributed by atoms with van der Waals surface area (Å²) in [5, 5.41) is 86.6. The van der Waals surface area contributed by atoms with Crippen LogP contribution in [0.15, 0.2) is 11.6 Å². The van der Waals surface area contributed by atoms with Crippen LogP contribution in [0, 0.1) is 34.5 Å². The van der Waals surface area contributed by atoms with Crippen LogP contribution in [-0.4, -0.2) is 139 Å². The molecule has 19 atom stereocenters. The monoisotopic (exact) mass is 698 g/mol. The van der Waals surface area contributed by atoms with Crippen LogP contribution in [0.25, 0.3) is 0 Å². The Morgan fingerprint density at radius 2 is 1.55 bits per heavy atom. The molecule has 0 unspecified atom stereocenters. The third-order valence-corrected chi connectivity index (χ3v) is 14.3. The summed E-state index contributed by atoms with van der Waals surface area (Å²) in [6, 6.07) is 0. The minimum Gasteiger partial charge on any atom is -0.458 e. The number of esters is 1. The maximum absolute atomic E-state index is 12.5. The predicted molar refractivity (Wildman–Crippen MR) is 167 cm³/mol. The van der Waals surface area contributed by atoms with Gasteiger partial charge in [0.15, 0.2) is 12.6 Å². The van der Waals surface area contributed by atoms with Crippen molar-refractivity contribution in [1.82, 2.24) is 0 Å². The lowest BCUT2D eigenvalue weighted by atomic mass is 9.42. The fourth-order valence-corrected chi connectivity index (χ4v) is 11.4. The number of aliphatic hydroxyl groups is 8. The van der Waals surface area contributed by atoms with Gasteiger partial charge in [-0.25, -0.2) is 4.79 Å². The molecule has 0 aromatic heterocycles. The highest BCUT2D eigenvalue weighted by atomic mass is 16.7. The largest absolute Gasteiger partial charge is 0.458 e. The molecule has 0 spiro atoms. The maximum atomic E-state index is 12.5. The molecule has 4 aliphatic carbocycles. The van der Waals surface area contributed by atoms with Crippen molar-refractivity contribution in [3.05, 3.63) is 11.6 Å². The van der Waals surface area contributed by atoms with Crippen molar-refractivity contribution in [2.24, 2.45) is 34.5 Å². The number of fused-ring (bicyclic) bond motifs is 5. The van der Waals surface area contributed by atoms with Crippen LogP contribution in [0.1, 0.15) is 72.1 Å². The van der Waals surface area contributed by atoms with Crippen molar-refractivity contribution in [2.45, 2.75) is 151 Å². The Morgan fingerprint density at radius 1 is 0.837 bits per heavy atom. The summed E-state index contributed by atoms with van der Waals surface area (Å²) in [6.45, 7) is 5.57. The highest BCUT2D eigenvalue weighted by Crippen LogP contribution is 2.70. The minimum atomic E-state index is -1.69. The first-order chi connectivity index (χ1) is 23.1. The van der Waals surface area contributed by atoms with Crippen molar-refractivity contribution >= 4 is 5.97 Å². The van der Waals surface area contributed by atoms with Crippen molar-refractivity contribution in [1.29, 1.82) is 0 Å². The van der Waals surface area contributed by atoms with Crippen LogP contribution in [-0.2, 0) is 28.5 Å². The van der Waals surface area contributed by atoms with E-state index in [1.807, 2.05) is 0 Å². The van der Waals surface area contributed by atoms with E-state index in [0.717, 1.165) is 37.7 Å². The fourth-order valence-electron chi connectivity index (χ4n) is 11.4. The SMILES string of the molecule is C[C@@H]1O[C@@H](O[C@@H]2C[C@H]3CC[C@@H]4[C@H](CC[C@]5(C)[C@@H](C6=CC(=O)OC6)CC[C@]45O)[C@@]3(C)[C@H](O)C2)[C@H](O)[C@H](O)[C@H]1O[C@@H]1O[C@H](CO)[C@@H](O)[C@H](O)[C@H]1O. The molecule has 7 rings (SSSR count). The number of rotatable bonds is 6. The molecule has 7 aliphatic rings. The Hall–Kier alpha value is -1.27. The molecule has 6 fully saturated rings. The Bertz CT molecular complexity index is 1280. The molecule has 3 heterocycles. The number of hydrogen-bond donors (Lipinski definition) is 8. The zero-order valence-electron chi connectivity index (χ0n) is 28.4. The van der Waals surface area contributed by atoms with Crippen LogP contribution in [0.5, 0.6) is 0 Å². The van der Waals surface area contributed by atoms with E-state index in [1.54, 1.807) is 13.0 Å². The molecule has 0 aromatic rings. The van der Waals surface area contributed by atoms with Gasteiger partial charge in [-0.15, -0.1) is 0 Å². The van der Waals surface area contributed by atoms with E-state index >= 15 is 0 Å². The van der Waals surface area contributed by atoms with E-state index in [2.05, 4.69) is 13.8 Å². The number of aliphatic hydroxyl groups excluding tert-OH is 7. The number of cyclic esters (lactones) is 1. The Balaban J connectivity index is 1.00. The lowest BCUT2D eigenvalue weighted by molar-refractivity contribution is -0.361. The fraction of sp³-hybridized carbons (Fsp3) is 0.914. The summed E-state index contributed by atoms with van der Waals surface area (Å²) in [7, 11) is 0. The van der Waals surface area contributed by atoms with Gasteiger partial charge in [0.2, 0.25) is 0 Å². The molecule has 14 nitrogen and oxygen atoms in total. The normalized spacial score (nSPS) is 56.0. The van der Waals surface area contributed by atoms with E-state index in [-0.39, 0.29) is 35.1 Å². The third-order valence-electron chi connectivity index (χ3n) is 14.3. The number of hydrogen-bond acceptors (Lipinski definition) is 14. The van der Waals surface area contributed by atoms with Gasteiger partial charge in [-0.3, -0.25) is 0 Å². The van der Waals surface area contributed by atoms with Gasteiger partial charge in [-0.2, -0.15) is 0 Å². The summed E-state index contributed by atoms with van der Waals surface area (Å²) >= 11 is 0. The predicted octanol–water partition coefficient (Wildman–Crippen LogP) is -0.749. The summed E-state index contributed by atoms with van der Waals surface area (Å²) in [5.41, 5.74) is -0.752. The highest BCUT2D eigenvalue weighted by molar-refractivity contribution is 5.85. The molecule has 0 bridgehead atoms. The second kappa shape index (κ2) is 13.0. The Kier molecular flexibility index (Phi) is 9.57. The molecule has 14 heteroatoms. The van der Waals surface area contributed by atoms with Crippen molar-refractivity contribution in [3.63, 3.8) is 0 Å². The van der Waals surface area contributed by atoms with Crippen molar-refractivity contribution < 1.29 is 69.3 Å². The standard InChI is InChI=1S/C35H54O14/c1-15-30(49-32-28(42)26(40)25(39)22(13-36)48-32)27(41)29(43)31(46-15)47-18-11-17-4-5-21-20(34(17,3)23(37)12-18)6-8-33(2)19(7-9-35(21,33)44)16-10-24(38)45-14-16/h10,15,17-23,25-32,36-37,39-44H,4-9,11-14H2,1-3H3/t15-,17+,18+,19+,20-,21+,22+,23+,25+,26-,27-,28+,29+,30-,31-,32-,33+,34-,35-/m0/s1. The molecule has 3 aliphatic heterocycles. The van der Waals surface area contributed by atoms with Crippen LogP contribution in [0.3, 0.4) is 0 Å². The van der Waals surface area contributed by atoms with Gasteiger partial charge in [-0.1, -0.05) is 13.8 Å². The van der Waals surface area contributed by atoms with E-state index in [0.29, 0.717) is 25.9 Å². The van der Waals surface area contributed by atoms with Gasteiger partial charge >= 0.3 is 5.97 Å². The summed E-state index contributed by atoms with van der Waals surface area (Å²) in [5.74, 6) is -0.00126. The summed E-state index contributed by atoms with van der Waals surface area (Å²) in [6.07, 6.45) is -7.99. The Labute approximate surface area is 285 Å². The molecule has 8 N–H and O–H groups in total. The van der Waals surface area contributed by atoms with Gasteiger partial charge < -0.3 is 64.5 Å². The Morgan fingerprint density at radius 3 is 2.24 bits per heavy atom. The third kappa shape index (κ3) is 5.56. The maximum Gasteiger partial charge on any atom is 0.331 e. The summed E-state index contributed by atoms with van der Waals surface area (Å²) < 4.78 is 28.6. The molecule has 0 aromatic carbocycles. The van der Waals surface area contributed by atoms with Crippen LogP contribution in [0.2, 0.25) is 0 Å². The second-order valence-electron chi connectivity index (χ2n) is 16.4. The molecular weight excluding hydrogens is 644 g/mol. The van der Waals surface area contributed by atoms with Crippen LogP contribution < -0.4 is 0 Å². The average molecular weight is 699 g/mol. The topological polar surface area (TPSA) is 225 Å². The smallest absolute Gasteiger partial charge is 0.331 e. The molecular formula is C35H54O14. The van der Waals surface area contributed by atoms with Crippen LogP contribution >= 0.6 is 0 Å². The first-order valence-corrected chi connectivity index (χ1v) is 18.0. The van der Waals surface area contributed by atoms with E-state index < -0.39 is 91.2 Å². The molecule has 0 radical (unpaired) electrons. The van der Waals surface area contributed by atoms with Gasteiger partial charge in [0, 0.05) is 17.9 Å². The highest BCUT2D eigenvalue weighted by Gasteiger charge is 2.69. The first kappa shape index (κ1) is 36.1. The van der Waals surface area contributed by atoms with Crippen LogP contribution in [0.4, 0.5) is 0 Å². The van der Waals surface area contributed by atoms with E-state index in [9.17, 15) is 45.6 Å². The van der Waals surface area contributed by atoms with Gasteiger partial charge in [0.05, 0.1) is 30.5 Å². The zero-order valence-corrected chi connectivity index (χ0v) is 28.4. The molecule has 278 valence electrons. The zero-order chi connectivity index (χ0) is 35.2. The minimum absolute atomic E-state index is 0.0170. The number of carbonyl (C=O) groups is 1. The van der Waals surface area contributed by atoms with Crippen molar-refractivity contribution in [2.75, 3.05) is 13.2 Å². The van der Waals surface area contributed by atoms with Crippen molar-refractivity contribution in [3.8, 4) is 0 Å². The molecule has 2 saturated heterocycles. The molecule has 4 saturated carbocycles. The van der Waals surface area contributed by atoms with E-state index in [1.165, 1.54) is 0 Å². The molecule has 49 heavy (non-hydrogen) atoms. The quantitative estimate of drug-likeness (QED) is 0.126. The van der Waals surface area contributed by atoms with Gasteiger partial charge in [-0.05, 0) is 86.5 Å². The number of carbonyl (C=O) groups excluding carboxylic acids is 1. The van der Waals surface area contributed by atoms with E-state index in [4.69, 9.17) is 23.7 Å². The lowest BCUT2D eigenvalue weighted by Crippen LogP contribution is -2.66. The van der Waals surface area contributed by atoms with Gasteiger partial charge in [0.25, 0.3) is 0 Å². The second-order valence-corrected chi connectivity index (χ2v) is 16.4.